The van der Waals surface area contributed by atoms with Crippen LogP contribution in [0.1, 0.15) is 17.3 Å². The molecule has 7 heteroatoms. The number of nitrogens with one attached hydrogen (secondary N) is 1. The number of nitrogens with zero attached hydrogens (tertiary/aromatic N) is 1. The summed E-state index contributed by atoms with van der Waals surface area (Å²) in [6.45, 7) is 1.74. The number of rotatable bonds is 4. The Morgan fingerprint density at radius 2 is 2.05 bits per heavy atom. The first-order valence-corrected chi connectivity index (χ1v) is 7.05. The Labute approximate surface area is 124 Å². The molecule has 0 unspecified atom stereocenters. The third-order valence-electron chi connectivity index (χ3n) is 2.53. The fraction of sp³-hybridized carbons (Fsp3) is 0.154. The predicted molar refractivity (Wildman–Crippen MR) is 80.4 cm³/mol. The van der Waals surface area contributed by atoms with Crippen molar-refractivity contribution in [2.45, 2.75) is 17.3 Å². The predicted octanol–water partition coefficient (Wildman–Crippen LogP) is 2.37. The van der Waals surface area contributed by atoms with E-state index < -0.39 is 5.25 Å². The number of aromatic amines is 1. The summed E-state index contributed by atoms with van der Waals surface area (Å²) in [6.07, 6.45) is 0. The van der Waals surface area contributed by atoms with Crippen molar-refractivity contribution < 1.29 is 4.79 Å². The number of anilines is 1. The molecule has 3 N–H and O–H groups in total. The highest BCUT2D eigenvalue weighted by molar-refractivity contribution is 8.00. The van der Waals surface area contributed by atoms with Gasteiger partial charge >= 0.3 is 0 Å². The zero-order valence-electron chi connectivity index (χ0n) is 10.6. The number of hydrogen-bond donors (Lipinski definition) is 2. The Balaban J connectivity index is 2.15. The van der Waals surface area contributed by atoms with Gasteiger partial charge in [-0.1, -0.05) is 23.4 Å². The first-order valence-electron chi connectivity index (χ1n) is 5.79. The average molecular weight is 310 g/mol. The number of H-pyrrole nitrogens is 1. The van der Waals surface area contributed by atoms with Crippen LogP contribution in [0, 0.1) is 0 Å². The number of halogens is 1. The molecule has 0 bridgehead atoms. The molecule has 0 saturated carbocycles. The van der Waals surface area contributed by atoms with E-state index in [9.17, 15) is 9.59 Å². The topological polar surface area (TPSA) is 88.8 Å². The van der Waals surface area contributed by atoms with Crippen LogP contribution < -0.4 is 11.3 Å². The van der Waals surface area contributed by atoms with Crippen LogP contribution in [0.3, 0.4) is 0 Å². The average Bonchev–Trinajstić information content (AvgIpc) is 2.37. The molecule has 0 aliphatic heterocycles. The van der Waals surface area contributed by atoms with Crippen LogP contribution in [0.25, 0.3) is 0 Å². The van der Waals surface area contributed by atoms with Crippen LogP contribution in [-0.4, -0.2) is 21.0 Å². The van der Waals surface area contributed by atoms with E-state index in [1.54, 1.807) is 31.2 Å². The Morgan fingerprint density at radius 3 is 2.65 bits per heavy atom. The van der Waals surface area contributed by atoms with E-state index in [1.165, 1.54) is 6.07 Å². The molecular formula is C13H12ClN3O2S. The van der Waals surface area contributed by atoms with Crippen molar-refractivity contribution in [2.75, 3.05) is 5.73 Å². The van der Waals surface area contributed by atoms with Gasteiger partial charge in [0.2, 0.25) is 0 Å². The number of thioether (sulfide) groups is 1. The first kappa shape index (κ1) is 14.6. The number of nitrogens with two attached hydrogens (primary N) is 1. The second kappa shape index (κ2) is 6.11. The van der Waals surface area contributed by atoms with E-state index in [4.69, 9.17) is 17.3 Å². The summed E-state index contributed by atoms with van der Waals surface area (Å²) in [5.74, 6) is 0.0548. The number of benzene rings is 1. The Morgan fingerprint density at radius 1 is 1.40 bits per heavy atom. The van der Waals surface area contributed by atoms with Crippen LogP contribution in [0.4, 0.5) is 5.82 Å². The van der Waals surface area contributed by atoms with E-state index in [0.29, 0.717) is 15.7 Å². The van der Waals surface area contributed by atoms with Crippen LogP contribution in [0.5, 0.6) is 0 Å². The number of aromatic nitrogens is 2. The van der Waals surface area contributed by atoms with Crippen LogP contribution in [-0.2, 0) is 0 Å². The highest BCUT2D eigenvalue weighted by atomic mass is 35.5. The largest absolute Gasteiger partial charge is 0.383 e. The van der Waals surface area contributed by atoms with Gasteiger partial charge in [0.25, 0.3) is 5.56 Å². The van der Waals surface area contributed by atoms with E-state index >= 15 is 0 Å². The van der Waals surface area contributed by atoms with Crippen LogP contribution in [0.15, 0.2) is 40.3 Å². The van der Waals surface area contributed by atoms with Crippen molar-refractivity contribution >= 4 is 35.0 Å². The van der Waals surface area contributed by atoms with Crippen molar-refractivity contribution in [3.8, 4) is 0 Å². The maximum absolute atomic E-state index is 12.2. The van der Waals surface area contributed by atoms with Gasteiger partial charge in [0.1, 0.15) is 5.82 Å². The summed E-state index contributed by atoms with van der Waals surface area (Å²) in [6, 6.07) is 7.84. The normalized spacial score (nSPS) is 12.1. The zero-order chi connectivity index (χ0) is 14.7. The van der Waals surface area contributed by atoms with Gasteiger partial charge in [-0.2, -0.15) is 0 Å². The lowest BCUT2D eigenvalue weighted by molar-refractivity contribution is 0.0994. The lowest BCUT2D eigenvalue weighted by Gasteiger charge is -2.09. The van der Waals surface area contributed by atoms with Crippen LogP contribution in [0.2, 0.25) is 5.02 Å². The molecule has 104 valence electrons. The van der Waals surface area contributed by atoms with Gasteiger partial charge in [-0.05, 0) is 31.2 Å². The van der Waals surface area contributed by atoms with Crippen molar-refractivity contribution in [3.05, 3.63) is 51.3 Å². The quantitative estimate of drug-likeness (QED) is 0.514. The minimum absolute atomic E-state index is 0.0725. The molecule has 1 aromatic carbocycles. The molecule has 2 rings (SSSR count). The van der Waals surface area contributed by atoms with Crippen molar-refractivity contribution in [2.24, 2.45) is 0 Å². The lowest BCUT2D eigenvalue weighted by atomic mass is 10.1. The molecule has 20 heavy (non-hydrogen) atoms. The molecule has 0 spiro atoms. The molecule has 1 atom stereocenters. The monoisotopic (exact) mass is 309 g/mol. The highest BCUT2D eigenvalue weighted by Gasteiger charge is 2.17. The molecule has 0 fully saturated rings. The zero-order valence-corrected chi connectivity index (χ0v) is 12.2. The van der Waals surface area contributed by atoms with E-state index in [0.717, 1.165) is 11.8 Å². The summed E-state index contributed by atoms with van der Waals surface area (Å²) in [5, 5.41) is 0.495. The van der Waals surface area contributed by atoms with Gasteiger partial charge < -0.3 is 10.7 Å². The van der Waals surface area contributed by atoms with Crippen molar-refractivity contribution in [1.82, 2.24) is 9.97 Å². The SMILES string of the molecule is C[C@@H](Sc1nc(N)cc(=O)[nH]1)C(=O)c1ccc(Cl)cc1. The summed E-state index contributed by atoms with van der Waals surface area (Å²) in [7, 11) is 0. The standard InChI is InChI=1S/C13H12ClN3O2S/c1-7(12(19)8-2-4-9(14)5-3-8)20-13-16-10(15)6-11(18)17-13/h2-7H,1H3,(H3,15,16,17,18)/t7-/m1/s1. The third kappa shape index (κ3) is 3.61. The molecule has 1 aromatic heterocycles. The van der Waals surface area contributed by atoms with Gasteiger partial charge in [0.15, 0.2) is 10.9 Å². The summed E-state index contributed by atoms with van der Waals surface area (Å²) in [4.78, 5) is 30.0. The lowest BCUT2D eigenvalue weighted by Crippen LogP contribution is -2.16. The maximum atomic E-state index is 12.2. The molecule has 5 nitrogen and oxygen atoms in total. The van der Waals surface area contributed by atoms with Gasteiger partial charge in [-0.3, -0.25) is 9.59 Å². The van der Waals surface area contributed by atoms with Gasteiger partial charge in [0.05, 0.1) is 5.25 Å². The number of ketones is 1. The Bertz CT molecular complexity index is 685. The molecule has 1 heterocycles. The minimum Gasteiger partial charge on any atom is -0.383 e. The fourth-order valence-electron chi connectivity index (χ4n) is 1.58. The molecule has 0 aliphatic rings. The first-order chi connectivity index (χ1) is 9.45. The second-order valence-corrected chi connectivity index (χ2v) is 5.87. The molecule has 0 amide bonds. The summed E-state index contributed by atoms with van der Waals surface area (Å²) < 4.78 is 0. The molecular weight excluding hydrogens is 298 g/mol. The third-order valence-corrected chi connectivity index (χ3v) is 3.76. The minimum atomic E-state index is -0.402. The number of hydrogen-bond acceptors (Lipinski definition) is 5. The number of nitrogen functional groups attached to an aromatic ring is 1. The highest BCUT2D eigenvalue weighted by Crippen LogP contribution is 2.22. The van der Waals surface area contributed by atoms with Gasteiger partial charge in [-0.25, -0.2) is 4.98 Å². The molecule has 0 aliphatic carbocycles. The number of carbonyl (C=O) groups excluding carboxylic acids is 1. The fourth-order valence-corrected chi connectivity index (χ4v) is 2.60. The van der Waals surface area contributed by atoms with Crippen LogP contribution >= 0.6 is 23.4 Å². The molecule has 0 saturated heterocycles. The van der Waals surface area contributed by atoms with Gasteiger partial charge in [0, 0.05) is 16.7 Å². The molecule has 0 radical (unpaired) electrons. The number of carbonyl (C=O) groups is 1. The maximum Gasteiger partial charge on any atom is 0.253 e. The molecule has 2 aromatic rings. The van der Waals surface area contributed by atoms with Crippen molar-refractivity contribution in [3.63, 3.8) is 0 Å². The van der Waals surface area contributed by atoms with Gasteiger partial charge in [-0.15, -0.1) is 0 Å². The van der Waals surface area contributed by atoms with E-state index in [2.05, 4.69) is 9.97 Å². The van der Waals surface area contributed by atoms with E-state index in [-0.39, 0.29) is 17.2 Å². The second-order valence-electron chi connectivity index (χ2n) is 4.11. The number of Topliss-reactive ketones (excluding diaryl/α,β-unsaturated/α-hetero) is 1. The van der Waals surface area contributed by atoms with E-state index in [1.807, 2.05) is 0 Å². The Hall–Kier alpha value is -1.79. The van der Waals surface area contributed by atoms with Crippen molar-refractivity contribution in [1.29, 1.82) is 0 Å². The summed E-state index contributed by atoms with van der Waals surface area (Å²) in [5.41, 5.74) is 5.71. The Kier molecular flexibility index (Phi) is 4.46. The summed E-state index contributed by atoms with van der Waals surface area (Å²) >= 11 is 6.93. The smallest absolute Gasteiger partial charge is 0.253 e.